The highest BCUT2D eigenvalue weighted by Gasteiger charge is 2.14. The van der Waals surface area contributed by atoms with Crippen LogP contribution in [0.5, 0.6) is 0 Å². The van der Waals surface area contributed by atoms with E-state index >= 15 is 0 Å². The Labute approximate surface area is 113 Å². The Balaban J connectivity index is 1.99. The van der Waals surface area contributed by atoms with Gasteiger partial charge in [0.05, 0.1) is 0 Å². The molecule has 0 aliphatic carbocycles. The maximum absolute atomic E-state index is 12.2. The summed E-state index contributed by atoms with van der Waals surface area (Å²) in [5.41, 5.74) is 1.49. The van der Waals surface area contributed by atoms with E-state index in [0.717, 1.165) is 12.1 Å². The third-order valence-corrected chi connectivity index (χ3v) is 2.92. The van der Waals surface area contributed by atoms with Crippen LogP contribution in [0.1, 0.15) is 23.1 Å². The van der Waals surface area contributed by atoms with Crippen LogP contribution in [0.2, 0.25) is 0 Å². The molecule has 2 aromatic heterocycles. The molecule has 0 radical (unpaired) electrons. The summed E-state index contributed by atoms with van der Waals surface area (Å²) in [6.07, 6.45) is 4.17. The molecule has 0 fully saturated rings. The summed E-state index contributed by atoms with van der Waals surface area (Å²) in [5.74, 6) is -0.0287. The molecule has 0 aliphatic rings. The van der Waals surface area contributed by atoms with Gasteiger partial charge in [0, 0.05) is 37.6 Å². The van der Waals surface area contributed by atoms with E-state index in [2.05, 4.69) is 9.97 Å². The van der Waals surface area contributed by atoms with Gasteiger partial charge >= 0.3 is 0 Å². The lowest BCUT2D eigenvalue weighted by atomic mass is 10.2. The zero-order valence-electron chi connectivity index (χ0n) is 11.0. The molecular formula is C15H17N3O. The average molecular weight is 255 g/mol. The van der Waals surface area contributed by atoms with Gasteiger partial charge in [-0.15, -0.1) is 0 Å². The third kappa shape index (κ3) is 3.61. The third-order valence-electron chi connectivity index (χ3n) is 2.92. The van der Waals surface area contributed by atoms with Crippen molar-refractivity contribution in [2.75, 3.05) is 13.1 Å². The normalized spacial score (nSPS) is 10.2. The number of carbonyl (C=O) groups is 1. The van der Waals surface area contributed by atoms with Crippen LogP contribution in [0.25, 0.3) is 0 Å². The van der Waals surface area contributed by atoms with Crippen molar-refractivity contribution in [3.8, 4) is 0 Å². The number of nitrogens with zero attached hydrogens (tertiary/aromatic N) is 3. The molecule has 0 atom stereocenters. The van der Waals surface area contributed by atoms with Crippen molar-refractivity contribution in [1.29, 1.82) is 0 Å². The highest BCUT2D eigenvalue weighted by molar-refractivity contribution is 5.92. The topological polar surface area (TPSA) is 46.1 Å². The first-order valence-electron chi connectivity index (χ1n) is 6.41. The molecule has 0 aliphatic heterocycles. The van der Waals surface area contributed by atoms with Crippen molar-refractivity contribution in [2.45, 2.75) is 13.3 Å². The maximum atomic E-state index is 12.2. The molecule has 0 aromatic carbocycles. The monoisotopic (exact) mass is 255 g/mol. The highest BCUT2D eigenvalue weighted by atomic mass is 16.2. The van der Waals surface area contributed by atoms with Crippen molar-refractivity contribution < 1.29 is 4.79 Å². The van der Waals surface area contributed by atoms with Crippen molar-refractivity contribution in [1.82, 2.24) is 14.9 Å². The number of hydrogen-bond donors (Lipinski definition) is 0. The van der Waals surface area contributed by atoms with Crippen molar-refractivity contribution in [3.05, 3.63) is 60.2 Å². The summed E-state index contributed by atoms with van der Waals surface area (Å²) in [4.78, 5) is 22.4. The smallest absolute Gasteiger partial charge is 0.272 e. The second-order valence-electron chi connectivity index (χ2n) is 4.17. The Bertz CT molecular complexity index is 513. The van der Waals surface area contributed by atoms with Crippen LogP contribution >= 0.6 is 0 Å². The van der Waals surface area contributed by atoms with Crippen LogP contribution in [0, 0.1) is 0 Å². The van der Waals surface area contributed by atoms with E-state index in [1.165, 1.54) is 0 Å². The number of pyridine rings is 2. The van der Waals surface area contributed by atoms with Gasteiger partial charge in [-0.1, -0.05) is 12.1 Å². The number of likely N-dealkylation sites (N-methyl/N-ethyl adjacent to an activating group) is 1. The lowest BCUT2D eigenvalue weighted by Crippen LogP contribution is -2.33. The molecule has 0 spiro atoms. The zero-order chi connectivity index (χ0) is 13.5. The Hall–Kier alpha value is -2.23. The fourth-order valence-corrected chi connectivity index (χ4v) is 1.85. The van der Waals surface area contributed by atoms with Gasteiger partial charge in [-0.05, 0) is 31.2 Å². The lowest BCUT2D eigenvalue weighted by molar-refractivity contribution is 0.0760. The van der Waals surface area contributed by atoms with Crippen LogP contribution in [0.4, 0.5) is 0 Å². The van der Waals surface area contributed by atoms with Crippen LogP contribution in [-0.4, -0.2) is 33.9 Å². The Morgan fingerprint density at radius 2 is 1.84 bits per heavy atom. The van der Waals surface area contributed by atoms with E-state index < -0.39 is 0 Å². The van der Waals surface area contributed by atoms with Crippen LogP contribution in [-0.2, 0) is 6.42 Å². The minimum atomic E-state index is -0.0287. The molecule has 4 nitrogen and oxygen atoms in total. The standard InChI is InChI=1S/C15H17N3O/c1-2-18(12-9-13-7-3-5-10-16-13)15(19)14-8-4-6-11-17-14/h3-8,10-11H,2,9,12H2,1H3. The number of carbonyl (C=O) groups excluding carboxylic acids is 1. The minimum absolute atomic E-state index is 0.0287. The molecule has 2 aromatic rings. The van der Waals surface area contributed by atoms with Gasteiger partial charge in [0.2, 0.25) is 0 Å². The summed E-state index contributed by atoms with van der Waals surface area (Å²) < 4.78 is 0. The van der Waals surface area contributed by atoms with E-state index in [4.69, 9.17) is 0 Å². The molecule has 2 rings (SSSR count). The Kier molecular flexibility index (Phi) is 4.61. The largest absolute Gasteiger partial charge is 0.337 e. The maximum Gasteiger partial charge on any atom is 0.272 e. The van der Waals surface area contributed by atoms with E-state index in [0.29, 0.717) is 18.8 Å². The van der Waals surface area contributed by atoms with Gasteiger partial charge < -0.3 is 4.90 Å². The molecule has 0 N–H and O–H groups in total. The summed E-state index contributed by atoms with van der Waals surface area (Å²) in [5, 5.41) is 0. The van der Waals surface area contributed by atoms with Gasteiger partial charge in [-0.2, -0.15) is 0 Å². The minimum Gasteiger partial charge on any atom is -0.337 e. The summed E-state index contributed by atoms with van der Waals surface area (Å²) in [6.45, 7) is 3.30. The predicted octanol–water partition coefficient (Wildman–Crippen LogP) is 2.18. The van der Waals surface area contributed by atoms with Crippen LogP contribution in [0.15, 0.2) is 48.8 Å². The fourth-order valence-electron chi connectivity index (χ4n) is 1.85. The van der Waals surface area contributed by atoms with Gasteiger partial charge in [0.1, 0.15) is 5.69 Å². The molecule has 0 saturated heterocycles. The van der Waals surface area contributed by atoms with Crippen molar-refractivity contribution >= 4 is 5.91 Å². The van der Waals surface area contributed by atoms with E-state index in [-0.39, 0.29) is 5.91 Å². The van der Waals surface area contributed by atoms with Crippen molar-refractivity contribution in [3.63, 3.8) is 0 Å². The number of rotatable bonds is 5. The van der Waals surface area contributed by atoms with Gasteiger partial charge in [0.15, 0.2) is 0 Å². The second-order valence-corrected chi connectivity index (χ2v) is 4.17. The van der Waals surface area contributed by atoms with Gasteiger partial charge in [-0.25, -0.2) is 0 Å². The molecule has 4 heteroatoms. The second kappa shape index (κ2) is 6.64. The first-order valence-corrected chi connectivity index (χ1v) is 6.41. The fraction of sp³-hybridized carbons (Fsp3) is 0.267. The SMILES string of the molecule is CCN(CCc1ccccn1)C(=O)c1ccccn1. The molecule has 98 valence electrons. The summed E-state index contributed by atoms with van der Waals surface area (Å²) >= 11 is 0. The van der Waals surface area contributed by atoms with Gasteiger partial charge in [0.25, 0.3) is 5.91 Å². The first kappa shape index (κ1) is 13.2. The highest BCUT2D eigenvalue weighted by Crippen LogP contribution is 2.03. The molecule has 2 heterocycles. The van der Waals surface area contributed by atoms with E-state index in [1.54, 1.807) is 29.4 Å². The lowest BCUT2D eigenvalue weighted by Gasteiger charge is -2.20. The van der Waals surface area contributed by atoms with Crippen LogP contribution in [0.3, 0.4) is 0 Å². The Morgan fingerprint density at radius 3 is 2.42 bits per heavy atom. The molecule has 0 saturated carbocycles. The number of amides is 1. The summed E-state index contributed by atoms with van der Waals surface area (Å²) in [7, 11) is 0. The quantitative estimate of drug-likeness (QED) is 0.822. The first-order chi connectivity index (χ1) is 9.31. The average Bonchev–Trinajstić information content (AvgIpc) is 2.49. The molecule has 0 bridgehead atoms. The molecule has 0 unspecified atom stereocenters. The van der Waals surface area contributed by atoms with Gasteiger partial charge in [-0.3, -0.25) is 14.8 Å². The van der Waals surface area contributed by atoms with E-state index in [9.17, 15) is 4.79 Å². The van der Waals surface area contributed by atoms with Crippen molar-refractivity contribution in [2.24, 2.45) is 0 Å². The van der Waals surface area contributed by atoms with Crippen LogP contribution < -0.4 is 0 Å². The Morgan fingerprint density at radius 1 is 1.11 bits per heavy atom. The number of hydrogen-bond acceptors (Lipinski definition) is 3. The predicted molar refractivity (Wildman–Crippen MR) is 73.8 cm³/mol. The molecule has 1 amide bonds. The summed E-state index contributed by atoms with van der Waals surface area (Å²) in [6, 6.07) is 11.2. The zero-order valence-corrected chi connectivity index (χ0v) is 11.0. The molecular weight excluding hydrogens is 238 g/mol. The van der Waals surface area contributed by atoms with E-state index in [1.807, 2.05) is 31.2 Å². The molecule has 19 heavy (non-hydrogen) atoms. The number of aromatic nitrogens is 2.